The van der Waals surface area contributed by atoms with Gasteiger partial charge in [-0.25, -0.2) is 0 Å². The quantitative estimate of drug-likeness (QED) is 0.568. The summed E-state index contributed by atoms with van der Waals surface area (Å²) in [5.41, 5.74) is 3.37. The number of phenols is 1. The van der Waals surface area contributed by atoms with Gasteiger partial charge in [0.1, 0.15) is 11.5 Å². The molecule has 2 aliphatic carbocycles. The summed E-state index contributed by atoms with van der Waals surface area (Å²) < 4.78 is 5.44. The molecule has 0 spiro atoms. The number of ether oxygens (including phenoxy) is 1. The van der Waals surface area contributed by atoms with Crippen LogP contribution in [0.5, 0.6) is 11.5 Å². The first-order chi connectivity index (χ1) is 10.8. The number of rotatable bonds is 0. The fourth-order valence-corrected chi connectivity index (χ4v) is 5.73. The molecule has 0 aromatic heterocycles. The van der Waals surface area contributed by atoms with E-state index >= 15 is 0 Å². The molecule has 3 aliphatic rings. The van der Waals surface area contributed by atoms with Crippen LogP contribution < -0.4 is 4.74 Å². The summed E-state index contributed by atoms with van der Waals surface area (Å²) in [6.45, 7) is 8.94. The van der Waals surface area contributed by atoms with E-state index < -0.39 is 0 Å². The summed E-state index contributed by atoms with van der Waals surface area (Å²) in [5.74, 6) is 0.915. The molecule has 3 nitrogen and oxygen atoms in total. The molecule has 1 N–H and O–H groups in total. The van der Waals surface area contributed by atoms with Crippen molar-refractivity contribution in [3.05, 3.63) is 22.8 Å². The van der Waals surface area contributed by atoms with Gasteiger partial charge in [0.05, 0.1) is 11.5 Å². The van der Waals surface area contributed by atoms with Crippen LogP contribution in [-0.4, -0.2) is 11.1 Å². The molecule has 3 heteroatoms. The average molecular weight is 314 g/mol. The van der Waals surface area contributed by atoms with E-state index in [9.17, 15) is 9.90 Å². The van der Waals surface area contributed by atoms with Gasteiger partial charge >= 0.3 is 5.97 Å². The summed E-state index contributed by atoms with van der Waals surface area (Å²) in [5, 5.41) is 10.8. The van der Waals surface area contributed by atoms with Crippen LogP contribution in [-0.2, 0) is 16.6 Å². The van der Waals surface area contributed by atoms with Gasteiger partial charge in [0, 0.05) is 0 Å². The Morgan fingerprint density at radius 2 is 2.00 bits per heavy atom. The van der Waals surface area contributed by atoms with E-state index in [-0.39, 0.29) is 17.3 Å². The third-order valence-corrected chi connectivity index (χ3v) is 6.93. The number of hydrogen-bond donors (Lipinski definition) is 1. The predicted molar refractivity (Wildman–Crippen MR) is 89.0 cm³/mol. The molecule has 0 amide bonds. The zero-order chi connectivity index (χ0) is 16.6. The SMILES string of the molecule is CC1C(=O)Oc2cc3c(c(O)c21)CCC1C(C)(C)CCCC31C. The van der Waals surface area contributed by atoms with Gasteiger partial charge < -0.3 is 9.84 Å². The van der Waals surface area contributed by atoms with Crippen LogP contribution in [0.4, 0.5) is 0 Å². The van der Waals surface area contributed by atoms with Gasteiger partial charge in [-0.2, -0.15) is 0 Å². The highest BCUT2D eigenvalue weighted by Crippen LogP contribution is 2.59. The number of carbonyl (C=O) groups is 1. The van der Waals surface area contributed by atoms with Gasteiger partial charge in [-0.1, -0.05) is 27.2 Å². The van der Waals surface area contributed by atoms with Crippen LogP contribution in [0.1, 0.15) is 76.0 Å². The second kappa shape index (κ2) is 4.52. The maximum atomic E-state index is 11.9. The standard InChI is InChI=1S/C20H26O3/c1-11-16-14(23-18(11)22)10-13-12(17(16)21)6-7-15-19(2,3)8-5-9-20(13,15)4/h10-11,15,21H,5-9H2,1-4H3. The lowest BCUT2D eigenvalue weighted by atomic mass is 9.50. The second-order valence-electron chi connectivity index (χ2n) is 8.66. The fraction of sp³-hybridized carbons (Fsp3) is 0.650. The number of benzene rings is 1. The highest BCUT2D eigenvalue weighted by molar-refractivity contribution is 5.87. The van der Waals surface area contributed by atoms with Crippen molar-refractivity contribution in [2.75, 3.05) is 0 Å². The van der Waals surface area contributed by atoms with E-state index in [1.165, 1.54) is 18.4 Å². The molecule has 0 radical (unpaired) electrons. The molecular formula is C20H26O3. The molecule has 4 rings (SSSR count). The van der Waals surface area contributed by atoms with Crippen LogP contribution in [0.15, 0.2) is 6.07 Å². The van der Waals surface area contributed by atoms with E-state index in [0.29, 0.717) is 28.4 Å². The molecule has 1 saturated carbocycles. The first-order valence-electron chi connectivity index (χ1n) is 8.86. The van der Waals surface area contributed by atoms with Gasteiger partial charge in [-0.3, -0.25) is 4.79 Å². The Labute approximate surface area is 138 Å². The summed E-state index contributed by atoms with van der Waals surface area (Å²) in [7, 11) is 0. The molecule has 1 fully saturated rings. The third-order valence-electron chi connectivity index (χ3n) is 6.93. The largest absolute Gasteiger partial charge is 0.507 e. The zero-order valence-electron chi connectivity index (χ0n) is 14.5. The minimum atomic E-state index is -0.358. The number of aromatic hydroxyl groups is 1. The zero-order valence-corrected chi connectivity index (χ0v) is 14.5. The topological polar surface area (TPSA) is 46.5 Å². The Bertz CT molecular complexity index is 703. The highest BCUT2D eigenvalue weighted by Gasteiger charge is 2.51. The molecule has 0 saturated heterocycles. The van der Waals surface area contributed by atoms with E-state index in [4.69, 9.17) is 4.74 Å². The summed E-state index contributed by atoms with van der Waals surface area (Å²) in [6.07, 6.45) is 5.65. The Hall–Kier alpha value is -1.51. The van der Waals surface area contributed by atoms with Gasteiger partial charge in [-0.15, -0.1) is 0 Å². The first kappa shape index (κ1) is 15.0. The molecule has 3 unspecified atom stereocenters. The number of phenolic OH excluding ortho intramolecular Hbond substituents is 1. The van der Waals surface area contributed by atoms with Gasteiger partial charge in [0.25, 0.3) is 0 Å². The Morgan fingerprint density at radius 1 is 1.26 bits per heavy atom. The fourth-order valence-electron chi connectivity index (χ4n) is 5.73. The smallest absolute Gasteiger partial charge is 0.318 e. The molecule has 3 atom stereocenters. The van der Waals surface area contributed by atoms with Crippen molar-refractivity contribution in [1.29, 1.82) is 0 Å². The third kappa shape index (κ3) is 1.85. The lowest BCUT2D eigenvalue weighted by molar-refractivity contribution is -0.133. The maximum Gasteiger partial charge on any atom is 0.318 e. The number of hydrogen-bond acceptors (Lipinski definition) is 3. The van der Waals surface area contributed by atoms with Crippen molar-refractivity contribution in [2.45, 2.75) is 71.1 Å². The van der Waals surface area contributed by atoms with E-state index in [1.807, 2.05) is 6.92 Å². The highest BCUT2D eigenvalue weighted by atomic mass is 16.5. The van der Waals surface area contributed by atoms with Crippen LogP contribution in [0.25, 0.3) is 0 Å². The van der Waals surface area contributed by atoms with Crippen molar-refractivity contribution < 1.29 is 14.6 Å². The second-order valence-corrected chi connectivity index (χ2v) is 8.66. The summed E-state index contributed by atoms with van der Waals surface area (Å²) in [6, 6.07) is 2.07. The number of esters is 1. The minimum absolute atomic E-state index is 0.0695. The normalized spacial score (nSPS) is 34.3. The van der Waals surface area contributed by atoms with Crippen LogP contribution in [0.2, 0.25) is 0 Å². The van der Waals surface area contributed by atoms with Crippen molar-refractivity contribution in [2.24, 2.45) is 11.3 Å². The predicted octanol–water partition coefficient (Wildman–Crippen LogP) is 4.44. The van der Waals surface area contributed by atoms with E-state index in [0.717, 1.165) is 24.8 Å². The van der Waals surface area contributed by atoms with Crippen molar-refractivity contribution in [3.8, 4) is 11.5 Å². The van der Waals surface area contributed by atoms with Crippen molar-refractivity contribution in [3.63, 3.8) is 0 Å². The molecular weight excluding hydrogens is 288 g/mol. The van der Waals surface area contributed by atoms with Crippen LogP contribution >= 0.6 is 0 Å². The molecule has 1 aliphatic heterocycles. The molecule has 23 heavy (non-hydrogen) atoms. The van der Waals surface area contributed by atoms with Gasteiger partial charge in [0.15, 0.2) is 0 Å². The molecule has 1 aromatic carbocycles. The van der Waals surface area contributed by atoms with E-state index in [1.54, 1.807) is 0 Å². The average Bonchev–Trinajstić information content (AvgIpc) is 2.74. The van der Waals surface area contributed by atoms with E-state index in [2.05, 4.69) is 26.8 Å². The lowest BCUT2D eigenvalue weighted by Crippen LogP contribution is -2.47. The van der Waals surface area contributed by atoms with Gasteiger partial charge in [0.2, 0.25) is 0 Å². The lowest BCUT2D eigenvalue weighted by Gasteiger charge is -2.54. The molecule has 1 aromatic rings. The first-order valence-corrected chi connectivity index (χ1v) is 8.86. The number of carbonyl (C=O) groups excluding carboxylic acids is 1. The van der Waals surface area contributed by atoms with Crippen LogP contribution in [0.3, 0.4) is 0 Å². The summed E-state index contributed by atoms with van der Waals surface area (Å²) in [4.78, 5) is 11.9. The Kier molecular flexibility index (Phi) is 2.96. The Balaban J connectivity index is 1.91. The summed E-state index contributed by atoms with van der Waals surface area (Å²) >= 11 is 0. The monoisotopic (exact) mass is 314 g/mol. The minimum Gasteiger partial charge on any atom is -0.507 e. The van der Waals surface area contributed by atoms with Crippen molar-refractivity contribution in [1.82, 2.24) is 0 Å². The molecule has 124 valence electrons. The van der Waals surface area contributed by atoms with Gasteiger partial charge in [-0.05, 0) is 66.5 Å². The van der Waals surface area contributed by atoms with Crippen LogP contribution in [0, 0.1) is 11.3 Å². The number of fused-ring (bicyclic) bond motifs is 4. The maximum absolute atomic E-state index is 11.9. The molecule has 1 heterocycles. The van der Waals surface area contributed by atoms with Crippen molar-refractivity contribution >= 4 is 5.97 Å². The molecule has 0 bridgehead atoms. The Morgan fingerprint density at radius 3 is 2.74 bits per heavy atom.